The lowest BCUT2D eigenvalue weighted by Gasteiger charge is -2.33. The molecule has 0 saturated carbocycles. The molecule has 6 nitrogen and oxygen atoms in total. The summed E-state index contributed by atoms with van der Waals surface area (Å²) in [4.78, 5) is 22.6. The van der Waals surface area contributed by atoms with Gasteiger partial charge in [0, 0.05) is 30.9 Å². The van der Waals surface area contributed by atoms with Gasteiger partial charge >= 0.3 is 0 Å². The van der Waals surface area contributed by atoms with Crippen molar-refractivity contribution in [3.63, 3.8) is 0 Å². The third kappa shape index (κ3) is 5.13. The summed E-state index contributed by atoms with van der Waals surface area (Å²) in [5.74, 6) is 1.87. The molecular formula is C14H24ClN5O. The number of piperidine rings is 1. The van der Waals surface area contributed by atoms with Gasteiger partial charge in [0.1, 0.15) is 11.6 Å². The van der Waals surface area contributed by atoms with Crippen molar-refractivity contribution < 1.29 is 4.79 Å². The summed E-state index contributed by atoms with van der Waals surface area (Å²) in [6.07, 6.45) is 1.91. The maximum Gasteiger partial charge on any atom is 0.234 e. The number of anilines is 1. The maximum atomic E-state index is 11.5. The number of nitrogens with zero attached hydrogens (tertiary/aromatic N) is 3. The second-order valence-electron chi connectivity index (χ2n) is 5.27. The second-order valence-corrected chi connectivity index (χ2v) is 5.27. The molecule has 118 valence electrons. The van der Waals surface area contributed by atoms with Gasteiger partial charge in [0.25, 0.3) is 0 Å². The third-order valence-corrected chi connectivity index (χ3v) is 3.47. The Morgan fingerprint density at radius 3 is 2.57 bits per heavy atom. The Hall–Kier alpha value is -1.40. The molecule has 7 heteroatoms. The van der Waals surface area contributed by atoms with Crippen LogP contribution in [0.2, 0.25) is 0 Å². The van der Waals surface area contributed by atoms with Gasteiger partial charge in [-0.2, -0.15) is 0 Å². The van der Waals surface area contributed by atoms with E-state index in [1.165, 1.54) is 0 Å². The van der Waals surface area contributed by atoms with Gasteiger partial charge in [-0.05, 0) is 33.7 Å². The van der Waals surface area contributed by atoms with Crippen molar-refractivity contribution in [2.45, 2.75) is 32.7 Å². The lowest BCUT2D eigenvalue weighted by molar-refractivity contribution is -0.120. The van der Waals surface area contributed by atoms with Crippen molar-refractivity contribution in [3.05, 3.63) is 17.6 Å². The number of aryl methyl sites for hydroxylation is 2. The van der Waals surface area contributed by atoms with Crippen LogP contribution in [0, 0.1) is 13.8 Å². The Kier molecular flexibility index (Phi) is 6.84. The predicted molar refractivity (Wildman–Crippen MR) is 86.1 cm³/mol. The minimum Gasteiger partial charge on any atom is -0.356 e. The van der Waals surface area contributed by atoms with Crippen LogP contribution in [0.5, 0.6) is 0 Å². The summed E-state index contributed by atoms with van der Waals surface area (Å²) in [5, 5.41) is 5.92. The van der Waals surface area contributed by atoms with E-state index in [-0.39, 0.29) is 24.4 Å². The highest BCUT2D eigenvalue weighted by Gasteiger charge is 2.21. The molecule has 1 aliphatic heterocycles. The first-order valence-corrected chi connectivity index (χ1v) is 7.09. The summed E-state index contributed by atoms with van der Waals surface area (Å²) in [6, 6.07) is 2.29. The number of hydrogen-bond donors (Lipinski definition) is 2. The fraction of sp³-hybridized carbons (Fsp3) is 0.643. The Morgan fingerprint density at radius 1 is 1.33 bits per heavy atom. The first kappa shape index (κ1) is 17.7. The topological polar surface area (TPSA) is 70.2 Å². The van der Waals surface area contributed by atoms with Crippen molar-refractivity contribution in [1.82, 2.24) is 20.6 Å². The molecule has 1 aromatic heterocycles. The Labute approximate surface area is 132 Å². The molecule has 1 saturated heterocycles. The van der Waals surface area contributed by atoms with Crippen molar-refractivity contribution in [2.24, 2.45) is 0 Å². The molecule has 1 aromatic rings. The van der Waals surface area contributed by atoms with E-state index >= 15 is 0 Å². The average Bonchev–Trinajstić information content (AvgIpc) is 2.38. The lowest BCUT2D eigenvalue weighted by Crippen LogP contribution is -2.46. The Morgan fingerprint density at radius 2 is 2.00 bits per heavy atom. The molecule has 1 aliphatic rings. The predicted octanol–water partition coefficient (Wildman–Crippen LogP) is 0.820. The number of nitrogens with one attached hydrogen (secondary N) is 2. The number of hydrogen-bond acceptors (Lipinski definition) is 5. The van der Waals surface area contributed by atoms with Gasteiger partial charge in [-0.15, -0.1) is 12.4 Å². The molecule has 0 atom stereocenters. The number of amides is 1. The molecule has 2 rings (SSSR count). The van der Waals surface area contributed by atoms with E-state index in [0.717, 1.165) is 43.3 Å². The molecule has 0 radical (unpaired) electrons. The van der Waals surface area contributed by atoms with Crippen LogP contribution in [0.15, 0.2) is 6.07 Å². The van der Waals surface area contributed by atoms with Crippen LogP contribution in [-0.2, 0) is 4.79 Å². The molecular weight excluding hydrogens is 290 g/mol. The zero-order valence-corrected chi connectivity index (χ0v) is 13.7. The zero-order valence-electron chi connectivity index (χ0n) is 12.8. The van der Waals surface area contributed by atoms with Crippen LogP contribution in [-0.4, -0.2) is 48.6 Å². The van der Waals surface area contributed by atoms with E-state index < -0.39 is 0 Å². The fourth-order valence-electron chi connectivity index (χ4n) is 2.55. The SMILES string of the molecule is CNCC(=O)NC1CCN(c2cc(C)nc(C)n2)CC1.Cl. The van der Waals surface area contributed by atoms with Crippen molar-refractivity contribution in [1.29, 1.82) is 0 Å². The molecule has 2 heterocycles. The van der Waals surface area contributed by atoms with E-state index in [4.69, 9.17) is 0 Å². The summed E-state index contributed by atoms with van der Waals surface area (Å²) in [5.41, 5.74) is 0.997. The van der Waals surface area contributed by atoms with Gasteiger partial charge in [0.15, 0.2) is 0 Å². The number of aromatic nitrogens is 2. The molecule has 0 bridgehead atoms. The quantitative estimate of drug-likeness (QED) is 0.861. The van der Waals surface area contributed by atoms with E-state index in [9.17, 15) is 4.79 Å². The molecule has 0 aromatic carbocycles. The number of carbonyl (C=O) groups is 1. The number of halogens is 1. The summed E-state index contributed by atoms with van der Waals surface area (Å²) in [6.45, 7) is 6.12. The number of rotatable bonds is 4. The fourth-order valence-corrected chi connectivity index (χ4v) is 2.55. The molecule has 1 fully saturated rings. The van der Waals surface area contributed by atoms with E-state index in [0.29, 0.717) is 6.54 Å². The van der Waals surface area contributed by atoms with Gasteiger partial charge in [-0.3, -0.25) is 4.79 Å². The third-order valence-electron chi connectivity index (χ3n) is 3.47. The molecule has 1 amide bonds. The second kappa shape index (κ2) is 8.14. The highest BCUT2D eigenvalue weighted by Crippen LogP contribution is 2.18. The van der Waals surface area contributed by atoms with E-state index in [1.54, 1.807) is 7.05 Å². The molecule has 0 spiro atoms. The molecule has 2 N–H and O–H groups in total. The maximum absolute atomic E-state index is 11.5. The normalized spacial score (nSPS) is 15.5. The van der Waals surface area contributed by atoms with Crippen LogP contribution in [0.3, 0.4) is 0 Å². The number of likely N-dealkylation sites (N-methyl/N-ethyl adjacent to an activating group) is 1. The first-order valence-electron chi connectivity index (χ1n) is 7.09. The van der Waals surface area contributed by atoms with Gasteiger partial charge in [-0.25, -0.2) is 9.97 Å². The molecule has 21 heavy (non-hydrogen) atoms. The minimum absolute atomic E-state index is 0. The van der Waals surface area contributed by atoms with Crippen molar-refractivity contribution in [3.8, 4) is 0 Å². The van der Waals surface area contributed by atoms with E-state index in [2.05, 4.69) is 25.5 Å². The van der Waals surface area contributed by atoms with Crippen LogP contribution in [0.4, 0.5) is 5.82 Å². The smallest absolute Gasteiger partial charge is 0.234 e. The van der Waals surface area contributed by atoms with Gasteiger partial charge < -0.3 is 15.5 Å². The standard InChI is InChI=1S/C14H23N5O.ClH/c1-10-8-13(17-11(2)16-10)19-6-4-12(5-7-19)18-14(20)9-15-3;/h8,12,15H,4-7,9H2,1-3H3,(H,18,20);1H. The van der Waals surface area contributed by atoms with Crippen molar-refractivity contribution >= 4 is 24.1 Å². The average molecular weight is 314 g/mol. The monoisotopic (exact) mass is 313 g/mol. The summed E-state index contributed by atoms with van der Waals surface area (Å²) >= 11 is 0. The Bertz CT molecular complexity index is 454. The van der Waals surface area contributed by atoms with Crippen LogP contribution in [0.25, 0.3) is 0 Å². The van der Waals surface area contributed by atoms with Gasteiger partial charge in [0.05, 0.1) is 6.54 Å². The molecule has 0 unspecified atom stereocenters. The first-order chi connectivity index (χ1) is 9.58. The van der Waals surface area contributed by atoms with Gasteiger partial charge in [-0.1, -0.05) is 0 Å². The van der Waals surface area contributed by atoms with E-state index in [1.807, 2.05) is 19.9 Å². The minimum atomic E-state index is 0. The van der Waals surface area contributed by atoms with Crippen LogP contribution >= 0.6 is 12.4 Å². The highest BCUT2D eigenvalue weighted by atomic mass is 35.5. The van der Waals surface area contributed by atoms with Crippen LogP contribution < -0.4 is 15.5 Å². The highest BCUT2D eigenvalue weighted by molar-refractivity contribution is 5.85. The largest absolute Gasteiger partial charge is 0.356 e. The zero-order chi connectivity index (χ0) is 14.5. The lowest BCUT2D eigenvalue weighted by atomic mass is 10.0. The van der Waals surface area contributed by atoms with Gasteiger partial charge in [0.2, 0.25) is 5.91 Å². The number of carbonyl (C=O) groups excluding carboxylic acids is 1. The summed E-state index contributed by atoms with van der Waals surface area (Å²) in [7, 11) is 1.78. The van der Waals surface area contributed by atoms with Crippen molar-refractivity contribution in [2.75, 3.05) is 31.6 Å². The Balaban J connectivity index is 0.00000220. The molecule has 0 aliphatic carbocycles. The summed E-state index contributed by atoms with van der Waals surface area (Å²) < 4.78 is 0. The van der Waals surface area contributed by atoms with Crippen LogP contribution in [0.1, 0.15) is 24.4 Å².